The van der Waals surface area contributed by atoms with Gasteiger partial charge in [-0.2, -0.15) is 0 Å². The Morgan fingerprint density at radius 1 is 1.50 bits per heavy atom. The molecule has 0 aromatic carbocycles. The maximum atomic E-state index is 11.5. The molecule has 0 unspecified atom stereocenters. The second-order valence-electron chi connectivity index (χ2n) is 4.44. The number of nitrogens with zero attached hydrogens (tertiary/aromatic N) is 4. The second kappa shape index (κ2) is 6.62. The van der Waals surface area contributed by atoms with Crippen molar-refractivity contribution in [2.75, 3.05) is 11.4 Å². The zero-order valence-electron chi connectivity index (χ0n) is 12.0. The topological polar surface area (TPSA) is 63.1 Å². The van der Waals surface area contributed by atoms with Crippen LogP contribution in [0.3, 0.4) is 0 Å². The molecule has 6 nitrogen and oxygen atoms in total. The summed E-state index contributed by atoms with van der Waals surface area (Å²) in [5.41, 5.74) is 0.943. The van der Waals surface area contributed by atoms with E-state index in [0.717, 1.165) is 16.6 Å². The molecule has 0 aliphatic heterocycles. The molecule has 0 spiro atoms. The standard InChI is InChI=1S/C13H19N5OS/c1-4-18(10(2)19)13-16-11(9-20-13)7-14-8-12-15-5-6-17(12)3/h5-6,9,14H,4,7-8H2,1-3H3. The highest BCUT2D eigenvalue weighted by atomic mass is 32.1. The molecule has 7 heteroatoms. The van der Waals surface area contributed by atoms with Gasteiger partial charge in [-0.1, -0.05) is 0 Å². The maximum Gasteiger partial charge on any atom is 0.225 e. The van der Waals surface area contributed by atoms with Crippen molar-refractivity contribution in [3.63, 3.8) is 0 Å². The SMILES string of the molecule is CCN(C(C)=O)c1nc(CNCc2nccn2C)cs1. The Bertz CT molecular complexity index is 577. The first-order valence-electron chi connectivity index (χ1n) is 6.51. The smallest absolute Gasteiger partial charge is 0.225 e. The summed E-state index contributed by atoms with van der Waals surface area (Å²) >= 11 is 1.49. The van der Waals surface area contributed by atoms with E-state index >= 15 is 0 Å². The number of hydrogen-bond donors (Lipinski definition) is 1. The van der Waals surface area contributed by atoms with Gasteiger partial charge in [-0.3, -0.25) is 9.69 Å². The molecule has 0 aliphatic rings. The summed E-state index contributed by atoms with van der Waals surface area (Å²) in [6.07, 6.45) is 3.70. The first-order valence-corrected chi connectivity index (χ1v) is 7.39. The van der Waals surface area contributed by atoms with Crippen LogP contribution in [0.4, 0.5) is 5.13 Å². The highest BCUT2D eigenvalue weighted by molar-refractivity contribution is 7.14. The largest absolute Gasteiger partial charge is 0.337 e. The number of anilines is 1. The molecule has 1 N–H and O–H groups in total. The molecule has 0 atom stereocenters. The Kier molecular flexibility index (Phi) is 4.86. The zero-order valence-corrected chi connectivity index (χ0v) is 12.8. The van der Waals surface area contributed by atoms with Gasteiger partial charge in [0, 0.05) is 44.8 Å². The van der Waals surface area contributed by atoms with E-state index in [0.29, 0.717) is 19.6 Å². The number of thiazole rings is 1. The van der Waals surface area contributed by atoms with Crippen molar-refractivity contribution < 1.29 is 4.79 Å². The molecular formula is C13H19N5OS. The molecule has 20 heavy (non-hydrogen) atoms. The van der Waals surface area contributed by atoms with Gasteiger partial charge >= 0.3 is 0 Å². The normalized spacial score (nSPS) is 10.8. The van der Waals surface area contributed by atoms with Gasteiger partial charge in [0.1, 0.15) is 5.82 Å². The third kappa shape index (κ3) is 3.43. The number of imidazole rings is 1. The van der Waals surface area contributed by atoms with Crippen molar-refractivity contribution in [3.8, 4) is 0 Å². The fourth-order valence-corrected chi connectivity index (χ4v) is 2.80. The lowest BCUT2D eigenvalue weighted by molar-refractivity contribution is -0.116. The average molecular weight is 293 g/mol. The predicted molar refractivity (Wildman–Crippen MR) is 79.6 cm³/mol. The molecular weight excluding hydrogens is 274 g/mol. The van der Waals surface area contributed by atoms with Crippen LogP contribution in [0, 0.1) is 0 Å². The monoisotopic (exact) mass is 293 g/mol. The summed E-state index contributed by atoms with van der Waals surface area (Å²) in [5.74, 6) is 1.01. The first kappa shape index (κ1) is 14.7. The number of nitrogens with one attached hydrogen (secondary N) is 1. The molecule has 108 valence electrons. The summed E-state index contributed by atoms with van der Waals surface area (Å²) in [6, 6.07) is 0. The van der Waals surface area contributed by atoms with Gasteiger partial charge in [0.2, 0.25) is 5.91 Å². The summed E-state index contributed by atoms with van der Waals surface area (Å²) in [5, 5.41) is 6.04. The molecule has 2 heterocycles. The Labute approximate surface area is 122 Å². The second-order valence-corrected chi connectivity index (χ2v) is 5.28. The summed E-state index contributed by atoms with van der Waals surface area (Å²) in [6.45, 7) is 5.51. The Balaban J connectivity index is 1.90. The lowest BCUT2D eigenvalue weighted by Crippen LogP contribution is -2.27. The van der Waals surface area contributed by atoms with Crippen LogP contribution in [0.2, 0.25) is 0 Å². The van der Waals surface area contributed by atoms with E-state index in [1.165, 1.54) is 11.3 Å². The number of rotatable bonds is 6. The van der Waals surface area contributed by atoms with Gasteiger partial charge < -0.3 is 9.88 Å². The zero-order chi connectivity index (χ0) is 14.5. The molecule has 0 saturated heterocycles. The van der Waals surface area contributed by atoms with Gasteiger partial charge in [0.25, 0.3) is 0 Å². The number of carbonyl (C=O) groups is 1. The number of aryl methyl sites for hydroxylation is 1. The van der Waals surface area contributed by atoms with E-state index in [1.807, 2.05) is 30.1 Å². The van der Waals surface area contributed by atoms with E-state index < -0.39 is 0 Å². The Morgan fingerprint density at radius 3 is 2.90 bits per heavy atom. The van der Waals surface area contributed by atoms with Crippen LogP contribution >= 0.6 is 11.3 Å². The minimum atomic E-state index is 0.0226. The quantitative estimate of drug-likeness (QED) is 0.877. The minimum absolute atomic E-state index is 0.0226. The third-order valence-electron chi connectivity index (χ3n) is 2.98. The fraction of sp³-hybridized carbons (Fsp3) is 0.462. The third-order valence-corrected chi connectivity index (χ3v) is 3.89. The van der Waals surface area contributed by atoms with E-state index in [9.17, 15) is 4.79 Å². The average Bonchev–Trinajstić information content (AvgIpc) is 3.01. The first-order chi connectivity index (χ1) is 9.61. The van der Waals surface area contributed by atoms with Crippen LogP contribution < -0.4 is 10.2 Å². The van der Waals surface area contributed by atoms with Crippen LogP contribution in [0.25, 0.3) is 0 Å². The summed E-state index contributed by atoms with van der Waals surface area (Å²) in [4.78, 5) is 21.9. The Morgan fingerprint density at radius 2 is 2.30 bits per heavy atom. The van der Waals surface area contributed by atoms with Crippen molar-refractivity contribution in [3.05, 3.63) is 29.3 Å². The molecule has 2 aromatic heterocycles. The molecule has 0 radical (unpaired) electrons. The number of hydrogen-bond acceptors (Lipinski definition) is 5. The lowest BCUT2D eigenvalue weighted by atomic mass is 10.4. The van der Waals surface area contributed by atoms with Crippen LogP contribution in [-0.2, 0) is 24.9 Å². The number of aromatic nitrogens is 3. The van der Waals surface area contributed by atoms with Crippen LogP contribution in [-0.4, -0.2) is 27.0 Å². The van der Waals surface area contributed by atoms with Crippen molar-refractivity contribution in [2.45, 2.75) is 26.9 Å². The van der Waals surface area contributed by atoms with Crippen molar-refractivity contribution in [1.82, 2.24) is 19.9 Å². The Hall–Kier alpha value is -1.73. The van der Waals surface area contributed by atoms with E-state index in [1.54, 1.807) is 18.0 Å². The maximum absolute atomic E-state index is 11.5. The van der Waals surface area contributed by atoms with Gasteiger partial charge in [0.15, 0.2) is 5.13 Å². The molecule has 2 aromatic rings. The molecule has 1 amide bonds. The van der Waals surface area contributed by atoms with Crippen molar-refractivity contribution in [2.24, 2.45) is 7.05 Å². The van der Waals surface area contributed by atoms with Crippen molar-refractivity contribution in [1.29, 1.82) is 0 Å². The van der Waals surface area contributed by atoms with Crippen LogP contribution in [0.5, 0.6) is 0 Å². The molecule has 2 rings (SSSR count). The predicted octanol–water partition coefficient (Wildman–Crippen LogP) is 1.54. The van der Waals surface area contributed by atoms with E-state index in [2.05, 4.69) is 15.3 Å². The van der Waals surface area contributed by atoms with Gasteiger partial charge in [-0.25, -0.2) is 9.97 Å². The van der Waals surface area contributed by atoms with E-state index in [4.69, 9.17) is 0 Å². The minimum Gasteiger partial charge on any atom is -0.337 e. The summed E-state index contributed by atoms with van der Waals surface area (Å²) < 4.78 is 1.98. The summed E-state index contributed by atoms with van der Waals surface area (Å²) in [7, 11) is 1.97. The molecule has 0 fully saturated rings. The van der Waals surface area contributed by atoms with Gasteiger partial charge in [0.05, 0.1) is 12.2 Å². The molecule has 0 aliphatic carbocycles. The highest BCUT2D eigenvalue weighted by Gasteiger charge is 2.13. The van der Waals surface area contributed by atoms with Crippen LogP contribution in [0.15, 0.2) is 17.8 Å². The van der Waals surface area contributed by atoms with Crippen LogP contribution in [0.1, 0.15) is 25.4 Å². The number of amides is 1. The molecule has 0 saturated carbocycles. The van der Waals surface area contributed by atoms with Gasteiger partial charge in [-0.05, 0) is 6.92 Å². The molecule has 0 bridgehead atoms. The highest BCUT2D eigenvalue weighted by Crippen LogP contribution is 2.20. The van der Waals surface area contributed by atoms with E-state index in [-0.39, 0.29) is 5.91 Å². The lowest BCUT2D eigenvalue weighted by Gasteiger charge is -2.14. The van der Waals surface area contributed by atoms with Crippen molar-refractivity contribution >= 4 is 22.4 Å². The number of carbonyl (C=O) groups excluding carboxylic acids is 1. The fourth-order valence-electron chi connectivity index (χ4n) is 1.86. The van der Waals surface area contributed by atoms with Gasteiger partial charge in [-0.15, -0.1) is 11.3 Å².